The topological polar surface area (TPSA) is 3.24 Å². The maximum Gasteiger partial charge on any atom is 0.0540 e. The molecule has 0 heterocycles. The summed E-state index contributed by atoms with van der Waals surface area (Å²) in [6.07, 6.45) is 0. The van der Waals surface area contributed by atoms with Gasteiger partial charge in [-0.2, -0.15) is 0 Å². The van der Waals surface area contributed by atoms with Crippen LogP contribution in [-0.2, 0) is 0 Å². The lowest BCUT2D eigenvalue weighted by Crippen LogP contribution is -2.11. The highest BCUT2D eigenvalue weighted by Gasteiger charge is 2.19. The van der Waals surface area contributed by atoms with Crippen molar-refractivity contribution >= 4 is 60.2 Å². The Morgan fingerprint density at radius 2 is 0.717 bits per heavy atom. The number of para-hydroxylation sites is 1. The second kappa shape index (κ2) is 13.0. The number of anilines is 3. The predicted molar refractivity (Wildman–Crippen MR) is 227 cm³/mol. The van der Waals surface area contributed by atoms with Crippen molar-refractivity contribution in [2.75, 3.05) is 4.90 Å². The Balaban J connectivity index is 1.16. The van der Waals surface area contributed by atoms with Gasteiger partial charge in [-0.05, 0) is 113 Å². The molecule has 0 aromatic heterocycles. The molecule has 10 aromatic rings. The molecule has 0 aliphatic heterocycles. The van der Waals surface area contributed by atoms with Crippen molar-refractivity contribution in [1.82, 2.24) is 0 Å². The third-order valence-corrected chi connectivity index (χ3v) is 10.6. The molecular weight excluding hydrogens is 639 g/mol. The van der Waals surface area contributed by atoms with Gasteiger partial charge >= 0.3 is 0 Å². The van der Waals surface area contributed by atoms with E-state index in [1.807, 2.05) is 0 Å². The largest absolute Gasteiger partial charge is 0.310 e. The molecule has 0 atom stereocenters. The third kappa shape index (κ3) is 5.42. The lowest BCUT2D eigenvalue weighted by Gasteiger charge is -2.28. The smallest absolute Gasteiger partial charge is 0.0540 e. The fraction of sp³-hybridized carbons (Fsp3) is 0. The van der Waals surface area contributed by atoms with E-state index in [1.165, 1.54) is 76.5 Å². The highest BCUT2D eigenvalue weighted by molar-refractivity contribution is 6.15. The van der Waals surface area contributed by atoms with Crippen LogP contribution in [0.3, 0.4) is 0 Å². The Morgan fingerprint density at radius 3 is 1.36 bits per heavy atom. The van der Waals surface area contributed by atoms with E-state index in [0.29, 0.717) is 0 Å². The fourth-order valence-corrected chi connectivity index (χ4v) is 8.15. The molecule has 10 rings (SSSR count). The molecule has 0 fully saturated rings. The first-order valence-corrected chi connectivity index (χ1v) is 18.3. The van der Waals surface area contributed by atoms with Crippen LogP contribution in [0.15, 0.2) is 212 Å². The summed E-state index contributed by atoms with van der Waals surface area (Å²) in [6.45, 7) is 0. The van der Waals surface area contributed by atoms with E-state index in [2.05, 4.69) is 217 Å². The van der Waals surface area contributed by atoms with E-state index in [-0.39, 0.29) is 0 Å². The second-order valence-corrected chi connectivity index (χ2v) is 13.7. The number of nitrogens with zero attached hydrogens (tertiary/aromatic N) is 1. The molecule has 0 saturated heterocycles. The Kier molecular flexibility index (Phi) is 7.55. The van der Waals surface area contributed by atoms with Crippen LogP contribution >= 0.6 is 0 Å². The zero-order valence-corrected chi connectivity index (χ0v) is 29.2. The van der Waals surface area contributed by atoms with E-state index < -0.39 is 0 Å². The molecular formula is C52H35N. The molecule has 0 radical (unpaired) electrons. The van der Waals surface area contributed by atoms with E-state index in [9.17, 15) is 0 Å². The molecule has 0 bridgehead atoms. The lowest BCUT2D eigenvalue weighted by molar-refractivity contribution is 1.28. The summed E-state index contributed by atoms with van der Waals surface area (Å²) in [5, 5.41) is 10.1. The van der Waals surface area contributed by atoms with E-state index in [1.54, 1.807) is 0 Å². The molecule has 248 valence electrons. The predicted octanol–water partition coefficient (Wildman–Crippen LogP) is 14.8. The van der Waals surface area contributed by atoms with Gasteiger partial charge in [-0.1, -0.05) is 170 Å². The van der Waals surface area contributed by atoms with E-state index in [0.717, 1.165) is 17.1 Å². The summed E-state index contributed by atoms with van der Waals surface area (Å²) in [4.78, 5) is 2.41. The van der Waals surface area contributed by atoms with Gasteiger partial charge in [-0.3, -0.25) is 0 Å². The maximum absolute atomic E-state index is 2.41. The van der Waals surface area contributed by atoms with Gasteiger partial charge in [-0.15, -0.1) is 0 Å². The average molecular weight is 674 g/mol. The van der Waals surface area contributed by atoms with Crippen molar-refractivity contribution < 1.29 is 0 Å². The normalized spacial score (nSPS) is 11.4. The molecule has 0 unspecified atom stereocenters. The van der Waals surface area contributed by atoms with Gasteiger partial charge in [0.25, 0.3) is 0 Å². The highest BCUT2D eigenvalue weighted by atomic mass is 15.1. The van der Waals surface area contributed by atoms with E-state index in [4.69, 9.17) is 0 Å². The van der Waals surface area contributed by atoms with Crippen LogP contribution in [0.2, 0.25) is 0 Å². The van der Waals surface area contributed by atoms with Crippen LogP contribution in [0.1, 0.15) is 0 Å². The molecule has 10 aromatic carbocycles. The number of rotatable bonds is 6. The monoisotopic (exact) mass is 673 g/mol. The van der Waals surface area contributed by atoms with Gasteiger partial charge < -0.3 is 4.90 Å². The zero-order valence-electron chi connectivity index (χ0n) is 29.2. The minimum Gasteiger partial charge on any atom is -0.310 e. The Hall–Kier alpha value is -6.96. The molecule has 0 saturated carbocycles. The first kappa shape index (κ1) is 30.8. The third-order valence-electron chi connectivity index (χ3n) is 10.6. The summed E-state index contributed by atoms with van der Waals surface area (Å²) in [5.74, 6) is 0. The number of benzene rings is 10. The summed E-state index contributed by atoms with van der Waals surface area (Å²) < 4.78 is 0. The number of hydrogen-bond acceptors (Lipinski definition) is 1. The lowest BCUT2D eigenvalue weighted by atomic mass is 9.92. The Labute approximate surface area is 309 Å². The fourth-order valence-electron chi connectivity index (χ4n) is 8.15. The Morgan fingerprint density at radius 1 is 0.245 bits per heavy atom. The molecule has 0 aliphatic rings. The number of fused-ring (bicyclic) bond motifs is 6. The van der Waals surface area contributed by atoms with Crippen molar-refractivity contribution in [2.24, 2.45) is 0 Å². The molecule has 0 amide bonds. The summed E-state index contributed by atoms with van der Waals surface area (Å²) >= 11 is 0. The van der Waals surface area contributed by atoms with Crippen molar-refractivity contribution in [2.45, 2.75) is 0 Å². The van der Waals surface area contributed by atoms with Crippen molar-refractivity contribution in [3.8, 4) is 33.4 Å². The van der Waals surface area contributed by atoms with Crippen molar-refractivity contribution in [3.63, 3.8) is 0 Å². The van der Waals surface area contributed by atoms with Crippen LogP contribution in [0.5, 0.6) is 0 Å². The maximum atomic E-state index is 2.41. The minimum atomic E-state index is 1.10. The van der Waals surface area contributed by atoms with Crippen molar-refractivity contribution in [1.29, 1.82) is 0 Å². The highest BCUT2D eigenvalue weighted by Crippen LogP contribution is 2.44. The van der Waals surface area contributed by atoms with Crippen LogP contribution in [0.25, 0.3) is 76.5 Å². The van der Waals surface area contributed by atoms with Gasteiger partial charge in [0.1, 0.15) is 0 Å². The standard InChI is InChI=1S/C52H35N/c1-2-15-36(16-3-1)45-23-12-13-28-52(45)53(41-31-29-37(30-32-41)50-34-39-17-4-6-21-43(39)46-24-8-10-26-48(46)50)42-20-14-19-38(33-42)51-35-40-18-5-7-22-44(40)47-25-9-11-27-49(47)51/h1-35H. The molecule has 1 heteroatoms. The quantitative estimate of drug-likeness (QED) is 0.159. The number of hydrogen-bond donors (Lipinski definition) is 0. The zero-order chi connectivity index (χ0) is 35.1. The van der Waals surface area contributed by atoms with E-state index >= 15 is 0 Å². The summed E-state index contributed by atoms with van der Waals surface area (Å²) in [6, 6.07) is 77.2. The second-order valence-electron chi connectivity index (χ2n) is 13.7. The van der Waals surface area contributed by atoms with Gasteiger partial charge in [0, 0.05) is 16.9 Å². The van der Waals surface area contributed by atoms with Gasteiger partial charge in [0.15, 0.2) is 0 Å². The minimum absolute atomic E-state index is 1.10. The van der Waals surface area contributed by atoms with Crippen molar-refractivity contribution in [3.05, 3.63) is 212 Å². The van der Waals surface area contributed by atoms with Crippen LogP contribution in [0.4, 0.5) is 17.1 Å². The summed E-state index contributed by atoms with van der Waals surface area (Å²) in [5.41, 5.74) is 10.6. The molecule has 0 spiro atoms. The molecule has 1 nitrogen and oxygen atoms in total. The van der Waals surface area contributed by atoms with Gasteiger partial charge in [0.05, 0.1) is 5.69 Å². The van der Waals surface area contributed by atoms with Crippen LogP contribution < -0.4 is 4.90 Å². The van der Waals surface area contributed by atoms with Crippen LogP contribution in [-0.4, -0.2) is 0 Å². The average Bonchev–Trinajstić information content (AvgIpc) is 3.24. The summed E-state index contributed by atoms with van der Waals surface area (Å²) in [7, 11) is 0. The first-order chi connectivity index (χ1) is 26.3. The van der Waals surface area contributed by atoms with Gasteiger partial charge in [0.2, 0.25) is 0 Å². The van der Waals surface area contributed by atoms with Gasteiger partial charge in [-0.25, -0.2) is 0 Å². The molecule has 0 N–H and O–H groups in total. The first-order valence-electron chi connectivity index (χ1n) is 18.3. The molecule has 53 heavy (non-hydrogen) atoms. The molecule has 0 aliphatic carbocycles. The Bertz CT molecular complexity index is 2940. The van der Waals surface area contributed by atoms with Crippen LogP contribution in [0, 0.1) is 0 Å². The SMILES string of the molecule is c1ccc(-c2ccccc2N(c2ccc(-c3cc4ccccc4c4ccccc34)cc2)c2cccc(-c3cc4ccccc4c4ccccc34)c2)cc1.